The minimum Gasteiger partial charge on any atom is -0.461 e. The van der Waals surface area contributed by atoms with E-state index in [0.717, 1.165) is 0 Å². The maximum Gasteiger partial charge on any atom is 0.355 e. The molecule has 0 fully saturated rings. The first kappa shape index (κ1) is 16.2. The van der Waals surface area contributed by atoms with Gasteiger partial charge in [0.1, 0.15) is 5.69 Å². The highest BCUT2D eigenvalue weighted by molar-refractivity contribution is 7.99. The molecular formula is C13H17N5O3S. The zero-order valence-corrected chi connectivity index (χ0v) is 13.7. The third-order valence-corrected chi connectivity index (χ3v) is 4.12. The summed E-state index contributed by atoms with van der Waals surface area (Å²) in [5.41, 5.74) is 2.11. The van der Waals surface area contributed by atoms with Gasteiger partial charge in [-0.25, -0.2) is 9.48 Å². The fourth-order valence-electron chi connectivity index (χ4n) is 2.12. The Bertz CT molecular complexity index is 707. The molecule has 0 unspecified atom stereocenters. The lowest BCUT2D eigenvalue weighted by molar-refractivity contribution is 0.0519. The number of H-pyrrole nitrogens is 1. The largest absolute Gasteiger partial charge is 0.461 e. The average Bonchev–Trinajstić information content (AvgIpc) is 3.00. The number of nitrogens with zero attached hydrogens (tertiary/aromatic N) is 4. The summed E-state index contributed by atoms with van der Waals surface area (Å²) in [5.74, 6) is -0.349. The van der Waals surface area contributed by atoms with Crippen LogP contribution in [0.15, 0.2) is 5.16 Å². The molecular weight excluding hydrogens is 306 g/mol. The summed E-state index contributed by atoms with van der Waals surface area (Å²) < 4.78 is 6.47. The molecule has 0 spiro atoms. The number of tetrazole rings is 1. The van der Waals surface area contributed by atoms with Crippen LogP contribution in [0.5, 0.6) is 0 Å². The number of aromatic amines is 1. The SMILES string of the molecule is CCOC(=O)c1[nH]c(C)c(C(=O)CSc2nnnn2C)c1C. The van der Waals surface area contributed by atoms with Crippen LogP contribution < -0.4 is 0 Å². The van der Waals surface area contributed by atoms with Gasteiger partial charge in [0, 0.05) is 18.3 Å². The van der Waals surface area contributed by atoms with Gasteiger partial charge < -0.3 is 9.72 Å². The normalized spacial score (nSPS) is 10.7. The van der Waals surface area contributed by atoms with E-state index in [9.17, 15) is 9.59 Å². The second-order valence-electron chi connectivity index (χ2n) is 4.64. The second-order valence-corrected chi connectivity index (χ2v) is 5.58. The molecule has 22 heavy (non-hydrogen) atoms. The predicted octanol–water partition coefficient (Wildman–Crippen LogP) is 1.31. The molecule has 0 amide bonds. The first-order valence-corrected chi connectivity index (χ1v) is 7.68. The number of carbonyl (C=O) groups is 2. The maximum atomic E-state index is 12.4. The molecule has 2 aromatic heterocycles. The Morgan fingerprint density at radius 1 is 1.36 bits per heavy atom. The summed E-state index contributed by atoms with van der Waals surface area (Å²) in [7, 11) is 1.71. The second kappa shape index (κ2) is 6.73. The van der Waals surface area contributed by atoms with Crippen LogP contribution in [0.25, 0.3) is 0 Å². The quantitative estimate of drug-likeness (QED) is 0.485. The molecule has 0 radical (unpaired) electrons. The minimum absolute atomic E-state index is 0.0881. The molecule has 118 valence electrons. The van der Waals surface area contributed by atoms with Gasteiger partial charge in [0.25, 0.3) is 0 Å². The summed E-state index contributed by atoms with van der Waals surface area (Å²) in [6, 6.07) is 0. The number of aromatic nitrogens is 5. The molecule has 0 aliphatic heterocycles. The topological polar surface area (TPSA) is 103 Å². The van der Waals surface area contributed by atoms with E-state index in [4.69, 9.17) is 4.74 Å². The molecule has 0 atom stereocenters. The molecule has 0 aliphatic carbocycles. The van der Waals surface area contributed by atoms with Gasteiger partial charge in [-0.2, -0.15) is 0 Å². The standard InChI is InChI=1S/C13H17N5O3S/c1-5-21-12(20)11-7(2)10(8(3)14-11)9(19)6-22-13-15-16-17-18(13)4/h14H,5-6H2,1-4H3. The Labute approximate surface area is 131 Å². The Morgan fingerprint density at radius 3 is 2.68 bits per heavy atom. The van der Waals surface area contributed by atoms with Crippen molar-refractivity contribution in [3.8, 4) is 0 Å². The number of carbonyl (C=O) groups excluding carboxylic acids is 2. The van der Waals surface area contributed by atoms with Crippen molar-refractivity contribution in [2.24, 2.45) is 7.05 Å². The first-order chi connectivity index (χ1) is 10.5. The number of ketones is 1. The van der Waals surface area contributed by atoms with E-state index in [2.05, 4.69) is 20.5 Å². The highest BCUT2D eigenvalue weighted by atomic mass is 32.2. The third-order valence-electron chi connectivity index (χ3n) is 3.11. The Balaban J connectivity index is 2.16. The van der Waals surface area contributed by atoms with E-state index in [1.54, 1.807) is 27.8 Å². The van der Waals surface area contributed by atoms with Crippen molar-refractivity contribution in [2.75, 3.05) is 12.4 Å². The Kier molecular flexibility index (Phi) is 4.96. The lowest BCUT2D eigenvalue weighted by atomic mass is 10.1. The summed E-state index contributed by atoms with van der Waals surface area (Å²) in [4.78, 5) is 27.2. The van der Waals surface area contributed by atoms with Crippen LogP contribution in [0.2, 0.25) is 0 Å². The number of aryl methyl sites for hydroxylation is 2. The van der Waals surface area contributed by atoms with E-state index in [1.807, 2.05) is 0 Å². The van der Waals surface area contributed by atoms with Gasteiger partial charge in [0.15, 0.2) is 5.78 Å². The van der Waals surface area contributed by atoms with E-state index >= 15 is 0 Å². The van der Waals surface area contributed by atoms with Gasteiger partial charge in [-0.3, -0.25) is 4.79 Å². The number of ether oxygens (including phenoxy) is 1. The fraction of sp³-hybridized carbons (Fsp3) is 0.462. The molecule has 2 aromatic rings. The lowest BCUT2D eigenvalue weighted by Crippen LogP contribution is -2.08. The van der Waals surface area contributed by atoms with Crippen molar-refractivity contribution in [1.29, 1.82) is 0 Å². The molecule has 2 heterocycles. The number of Topliss-reactive ketones (excluding diaryl/α,β-unsaturated/α-hetero) is 1. The zero-order valence-electron chi connectivity index (χ0n) is 12.8. The van der Waals surface area contributed by atoms with Crippen molar-refractivity contribution < 1.29 is 14.3 Å². The van der Waals surface area contributed by atoms with Gasteiger partial charge in [0.05, 0.1) is 12.4 Å². The highest BCUT2D eigenvalue weighted by Crippen LogP contribution is 2.22. The van der Waals surface area contributed by atoms with Crippen molar-refractivity contribution >= 4 is 23.5 Å². The summed E-state index contributed by atoms with van der Waals surface area (Å²) in [5, 5.41) is 11.6. The molecule has 1 N–H and O–H groups in total. The maximum absolute atomic E-state index is 12.4. The van der Waals surface area contributed by atoms with Gasteiger partial charge >= 0.3 is 5.97 Å². The van der Waals surface area contributed by atoms with Crippen molar-refractivity contribution in [2.45, 2.75) is 25.9 Å². The van der Waals surface area contributed by atoms with E-state index in [1.165, 1.54) is 16.4 Å². The van der Waals surface area contributed by atoms with Crippen molar-refractivity contribution in [3.05, 3.63) is 22.5 Å². The number of hydrogen-bond acceptors (Lipinski definition) is 7. The molecule has 8 nitrogen and oxygen atoms in total. The van der Waals surface area contributed by atoms with Crippen molar-refractivity contribution in [1.82, 2.24) is 25.2 Å². The molecule has 0 aromatic carbocycles. The fourth-order valence-corrected chi connectivity index (χ4v) is 2.84. The molecule has 2 rings (SSSR count). The van der Waals surface area contributed by atoms with Crippen LogP contribution in [0.1, 0.15) is 39.0 Å². The van der Waals surface area contributed by atoms with Crippen LogP contribution in [0.4, 0.5) is 0 Å². The monoisotopic (exact) mass is 323 g/mol. The molecule has 0 bridgehead atoms. The predicted molar refractivity (Wildman–Crippen MR) is 80.1 cm³/mol. The Hall–Kier alpha value is -2.16. The highest BCUT2D eigenvalue weighted by Gasteiger charge is 2.23. The molecule has 0 saturated heterocycles. The van der Waals surface area contributed by atoms with E-state index in [-0.39, 0.29) is 18.1 Å². The van der Waals surface area contributed by atoms with Crippen molar-refractivity contribution in [3.63, 3.8) is 0 Å². The minimum atomic E-state index is -0.452. The first-order valence-electron chi connectivity index (χ1n) is 6.70. The summed E-state index contributed by atoms with van der Waals surface area (Å²) in [6.07, 6.45) is 0. The molecule has 0 aliphatic rings. The number of rotatable bonds is 6. The summed E-state index contributed by atoms with van der Waals surface area (Å²) >= 11 is 1.25. The summed E-state index contributed by atoms with van der Waals surface area (Å²) in [6.45, 7) is 5.52. The number of nitrogens with one attached hydrogen (secondary N) is 1. The van der Waals surface area contributed by atoms with Gasteiger partial charge in [-0.05, 0) is 36.8 Å². The van der Waals surface area contributed by atoms with Crippen LogP contribution in [-0.2, 0) is 11.8 Å². The number of esters is 1. The average molecular weight is 323 g/mol. The smallest absolute Gasteiger partial charge is 0.355 e. The number of hydrogen-bond donors (Lipinski definition) is 1. The molecule has 9 heteroatoms. The van der Waals surface area contributed by atoms with Crippen LogP contribution in [-0.4, -0.2) is 49.3 Å². The van der Waals surface area contributed by atoms with Crippen LogP contribution in [0, 0.1) is 13.8 Å². The molecule has 0 saturated carbocycles. The lowest BCUT2D eigenvalue weighted by Gasteiger charge is -2.02. The zero-order chi connectivity index (χ0) is 16.3. The third kappa shape index (κ3) is 3.19. The van der Waals surface area contributed by atoms with Gasteiger partial charge in [-0.1, -0.05) is 11.8 Å². The van der Waals surface area contributed by atoms with Gasteiger partial charge in [0.2, 0.25) is 5.16 Å². The Morgan fingerprint density at radius 2 is 2.09 bits per heavy atom. The number of thioether (sulfide) groups is 1. The van der Waals surface area contributed by atoms with E-state index < -0.39 is 5.97 Å². The van der Waals surface area contributed by atoms with Crippen LogP contribution >= 0.6 is 11.8 Å². The van der Waals surface area contributed by atoms with Crippen LogP contribution in [0.3, 0.4) is 0 Å². The van der Waals surface area contributed by atoms with E-state index in [0.29, 0.717) is 27.7 Å². The van der Waals surface area contributed by atoms with Gasteiger partial charge in [-0.15, -0.1) is 5.10 Å².